The fourth-order valence-electron chi connectivity index (χ4n) is 2.28. The lowest BCUT2D eigenvalue weighted by Gasteiger charge is -2.19. The largest absolute Gasteiger partial charge is 0.301 e. The molecule has 0 aliphatic carbocycles. The fourth-order valence-corrected chi connectivity index (χ4v) is 3.68. The van der Waals surface area contributed by atoms with Crippen molar-refractivity contribution in [3.63, 3.8) is 0 Å². The quantitative estimate of drug-likeness (QED) is 0.709. The van der Waals surface area contributed by atoms with Crippen LogP contribution >= 0.6 is 27.3 Å². The van der Waals surface area contributed by atoms with Gasteiger partial charge in [0.05, 0.1) is 6.04 Å². The summed E-state index contributed by atoms with van der Waals surface area (Å²) < 4.78 is 1.14. The molecule has 2 heterocycles. The van der Waals surface area contributed by atoms with Gasteiger partial charge < -0.3 is 5.32 Å². The number of nitrogens with zero attached hydrogens (tertiary/aromatic N) is 1. The predicted octanol–water partition coefficient (Wildman–Crippen LogP) is 4.78. The number of aromatic nitrogens is 1. The molecular weight excluding hydrogens is 344 g/mol. The van der Waals surface area contributed by atoms with Crippen molar-refractivity contribution in [1.82, 2.24) is 10.3 Å². The number of thiophene rings is 1. The maximum atomic E-state index is 4.11. The van der Waals surface area contributed by atoms with Crippen molar-refractivity contribution in [2.24, 2.45) is 0 Å². The molecule has 1 aromatic carbocycles. The molecule has 21 heavy (non-hydrogen) atoms. The van der Waals surface area contributed by atoms with E-state index in [1.807, 2.05) is 18.5 Å². The minimum absolute atomic E-state index is 0.176. The predicted molar refractivity (Wildman–Crippen MR) is 91.4 cm³/mol. The lowest BCUT2D eigenvalue weighted by Crippen LogP contribution is -2.21. The lowest BCUT2D eigenvalue weighted by atomic mass is 10.00. The van der Waals surface area contributed by atoms with Gasteiger partial charge in [0.25, 0.3) is 0 Å². The Morgan fingerprint density at radius 2 is 1.76 bits per heavy atom. The van der Waals surface area contributed by atoms with Crippen LogP contribution in [0.15, 0.2) is 70.8 Å². The Kier molecular flexibility index (Phi) is 4.80. The number of rotatable bonds is 5. The van der Waals surface area contributed by atoms with E-state index < -0.39 is 0 Å². The molecule has 0 radical (unpaired) electrons. The first-order valence-electron chi connectivity index (χ1n) is 6.74. The van der Waals surface area contributed by atoms with Crippen molar-refractivity contribution in [2.45, 2.75) is 12.6 Å². The third-order valence-corrected chi connectivity index (χ3v) is 4.97. The SMILES string of the molecule is Brc1csc(CNC(c2ccccc2)c2ccncc2)c1. The van der Waals surface area contributed by atoms with E-state index in [0.29, 0.717) is 0 Å². The number of hydrogen-bond donors (Lipinski definition) is 1. The molecule has 1 unspecified atom stereocenters. The van der Waals surface area contributed by atoms with Crippen LogP contribution < -0.4 is 5.32 Å². The third kappa shape index (κ3) is 3.79. The molecule has 4 heteroatoms. The van der Waals surface area contributed by atoms with Crippen LogP contribution in [0.1, 0.15) is 22.0 Å². The molecule has 3 aromatic rings. The smallest absolute Gasteiger partial charge is 0.0580 e. The summed E-state index contributed by atoms with van der Waals surface area (Å²) in [6.07, 6.45) is 3.68. The van der Waals surface area contributed by atoms with Crippen LogP contribution in [-0.2, 0) is 6.54 Å². The van der Waals surface area contributed by atoms with Gasteiger partial charge in [0, 0.05) is 33.7 Å². The summed E-state index contributed by atoms with van der Waals surface area (Å²) >= 11 is 5.26. The standard InChI is InChI=1S/C17H15BrN2S/c18-15-10-16(21-12-15)11-20-17(13-4-2-1-3-5-13)14-6-8-19-9-7-14/h1-10,12,17,20H,11H2. The van der Waals surface area contributed by atoms with Crippen molar-refractivity contribution in [2.75, 3.05) is 0 Å². The van der Waals surface area contributed by atoms with E-state index in [2.05, 4.69) is 74.1 Å². The zero-order chi connectivity index (χ0) is 14.5. The zero-order valence-corrected chi connectivity index (χ0v) is 13.8. The molecule has 1 N–H and O–H groups in total. The Hall–Kier alpha value is -1.49. The number of benzene rings is 1. The van der Waals surface area contributed by atoms with Crippen molar-refractivity contribution < 1.29 is 0 Å². The fraction of sp³-hybridized carbons (Fsp3) is 0.118. The highest BCUT2D eigenvalue weighted by atomic mass is 79.9. The Morgan fingerprint density at radius 1 is 1.05 bits per heavy atom. The summed E-state index contributed by atoms with van der Waals surface area (Å²) in [6.45, 7) is 0.845. The minimum atomic E-state index is 0.176. The van der Waals surface area contributed by atoms with Crippen LogP contribution in [-0.4, -0.2) is 4.98 Å². The monoisotopic (exact) mass is 358 g/mol. The summed E-state index contributed by atoms with van der Waals surface area (Å²) in [6, 6.07) is 17.0. The first kappa shape index (κ1) is 14.4. The van der Waals surface area contributed by atoms with Gasteiger partial charge in [-0.15, -0.1) is 11.3 Å². The van der Waals surface area contributed by atoms with Crippen molar-refractivity contribution in [1.29, 1.82) is 0 Å². The van der Waals surface area contributed by atoms with Crippen LogP contribution in [0, 0.1) is 0 Å². The molecule has 0 amide bonds. The van der Waals surface area contributed by atoms with Gasteiger partial charge in [-0.05, 0) is 45.3 Å². The van der Waals surface area contributed by atoms with Crippen molar-refractivity contribution in [3.05, 3.63) is 86.8 Å². The molecule has 0 bridgehead atoms. The van der Waals surface area contributed by atoms with Crippen LogP contribution in [0.25, 0.3) is 0 Å². The number of pyridine rings is 1. The van der Waals surface area contributed by atoms with Crippen molar-refractivity contribution in [3.8, 4) is 0 Å². The summed E-state index contributed by atoms with van der Waals surface area (Å²) in [5.41, 5.74) is 2.49. The highest BCUT2D eigenvalue weighted by molar-refractivity contribution is 9.10. The molecule has 0 saturated heterocycles. The Morgan fingerprint density at radius 3 is 2.43 bits per heavy atom. The van der Waals surface area contributed by atoms with Crippen molar-refractivity contribution >= 4 is 27.3 Å². The van der Waals surface area contributed by atoms with Crippen LogP contribution in [0.2, 0.25) is 0 Å². The first-order chi connectivity index (χ1) is 10.3. The van der Waals surface area contributed by atoms with Gasteiger partial charge in [-0.1, -0.05) is 30.3 Å². The minimum Gasteiger partial charge on any atom is -0.301 e. The van der Waals surface area contributed by atoms with Gasteiger partial charge in [0.15, 0.2) is 0 Å². The average molecular weight is 359 g/mol. The zero-order valence-electron chi connectivity index (χ0n) is 11.4. The van der Waals surface area contributed by atoms with E-state index in [1.165, 1.54) is 16.0 Å². The lowest BCUT2D eigenvalue weighted by molar-refractivity contribution is 0.609. The topological polar surface area (TPSA) is 24.9 Å². The van der Waals surface area contributed by atoms with Gasteiger partial charge in [0.1, 0.15) is 0 Å². The summed E-state index contributed by atoms with van der Waals surface area (Å²) in [5.74, 6) is 0. The molecule has 0 fully saturated rings. The molecule has 2 nitrogen and oxygen atoms in total. The van der Waals surface area contributed by atoms with E-state index in [0.717, 1.165) is 11.0 Å². The molecule has 106 valence electrons. The van der Waals surface area contributed by atoms with Gasteiger partial charge >= 0.3 is 0 Å². The van der Waals surface area contributed by atoms with E-state index in [4.69, 9.17) is 0 Å². The second-order valence-corrected chi connectivity index (χ2v) is 6.65. The van der Waals surface area contributed by atoms with Gasteiger partial charge in [0.2, 0.25) is 0 Å². The second kappa shape index (κ2) is 6.98. The number of halogens is 1. The Bertz CT molecular complexity index is 643. The maximum Gasteiger partial charge on any atom is 0.0580 e. The van der Waals surface area contributed by atoms with Crippen LogP contribution in [0.5, 0.6) is 0 Å². The highest BCUT2D eigenvalue weighted by Crippen LogP contribution is 2.24. The molecule has 0 saturated carbocycles. The average Bonchev–Trinajstić information content (AvgIpc) is 2.95. The molecule has 0 aliphatic heterocycles. The normalized spacial score (nSPS) is 12.2. The molecule has 0 spiro atoms. The molecule has 0 aliphatic rings. The number of hydrogen-bond acceptors (Lipinski definition) is 3. The highest BCUT2D eigenvalue weighted by Gasteiger charge is 2.13. The van der Waals surface area contributed by atoms with E-state index in [1.54, 1.807) is 11.3 Å². The van der Waals surface area contributed by atoms with Gasteiger partial charge in [-0.25, -0.2) is 0 Å². The molecular formula is C17H15BrN2S. The summed E-state index contributed by atoms with van der Waals surface area (Å²) in [4.78, 5) is 5.43. The Labute approximate surface area is 137 Å². The summed E-state index contributed by atoms with van der Waals surface area (Å²) in [7, 11) is 0. The van der Waals surface area contributed by atoms with Gasteiger partial charge in [-0.3, -0.25) is 4.98 Å². The number of nitrogens with one attached hydrogen (secondary N) is 1. The van der Waals surface area contributed by atoms with Crippen LogP contribution in [0.3, 0.4) is 0 Å². The first-order valence-corrected chi connectivity index (χ1v) is 8.41. The molecule has 1 atom stereocenters. The maximum absolute atomic E-state index is 4.11. The van der Waals surface area contributed by atoms with E-state index in [-0.39, 0.29) is 6.04 Å². The van der Waals surface area contributed by atoms with Crippen LogP contribution in [0.4, 0.5) is 0 Å². The van der Waals surface area contributed by atoms with E-state index >= 15 is 0 Å². The van der Waals surface area contributed by atoms with Gasteiger partial charge in [-0.2, -0.15) is 0 Å². The summed E-state index contributed by atoms with van der Waals surface area (Å²) in [5, 5.41) is 5.76. The van der Waals surface area contributed by atoms with E-state index in [9.17, 15) is 0 Å². The molecule has 2 aromatic heterocycles. The Balaban J connectivity index is 1.83. The third-order valence-electron chi connectivity index (χ3n) is 3.27. The molecule has 3 rings (SSSR count). The second-order valence-electron chi connectivity index (χ2n) is 4.74.